The third-order valence-corrected chi connectivity index (χ3v) is 4.30. The van der Waals surface area contributed by atoms with Gasteiger partial charge in [0, 0.05) is 30.3 Å². The molecule has 3 rings (SSSR count). The molecular formula is C14H18N4O2S. The van der Waals surface area contributed by atoms with Crippen LogP contribution in [0, 0.1) is 5.92 Å². The van der Waals surface area contributed by atoms with E-state index in [1.165, 1.54) is 11.3 Å². The Labute approximate surface area is 127 Å². The monoisotopic (exact) mass is 306 g/mol. The second-order valence-electron chi connectivity index (χ2n) is 5.01. The van der Waals surface area contributed by atoms with Crippen LogP contribution in [0.4, 0.5) is 0 Å². The summed E-state index contributed by atoms with van der Waals surface area (Å²) in [6.07, 6.45) is 4.29. The molecule has 0 bridgehead atoms. The maximum Gasteiger partial charge on any atom is 0.226 e. The quantitative estimate of drug-likeness (QED) is 0.914. The summed E-state index contributed by atoms with van der Waals surface area (Å²) in [6, 6.07) is 0. The summed E-state index contributed by atoms with van der Waals surface area (Å²) in [7, 11) is 0. The molecule has 2 atom stereocenters. The van der Waals surface area contributed by atoms with Gasteiger partial charge >= 0.3 is 0 Å². The number of ether oxygens (including phenoxy) is 1. The van der Waals surface area contributed by atoms with Crippen LogP contribution < -0.4 is 5.32 Å². The Morgan fingerprint density at radius 1 is 1.62 bits per heavy atom. The van der Waals surface area contributed by atoms with Gasteiger partial charge in [0.25, 0.3) is 0 Å². The molecule has 1 aliphatic rings. The summed E-state index contributed by atoms with van der Waals surface area (Å²) >= 11 is 1.53. The van der Waals surface area contributed by atoms with Gasteiger partial charge in [-0.15, -0.1) is 11.3 Å². The van der Waals surface area contributed by atoms with Crippen LogP contribution >= 0.6 is 11.3 Å². The molecule has 1 amide bonds. The van der Waals surface area contributed by atoms with Crippen molar-refractivity contribution in [3.63, 3.8) is 0 Å². The Morgan fingerprint density at radius 2 is 2.52 bits per heavy atom. The highest BCUT2D eigenvalue weighted by Gasteiger charge is 2.35. The molecule has 0 aromatic carbocycles. The van der Waals surface area contributed by atoms with E-state index in [0.717, 1.165) is 24.2 Å². The highest BCUT2D eigenvalue weighted by Crippen LogP contribution is 2.34. The Kier molecular flexibility index (Phi) is 4.31. The van der Waals surface area contributed by atoms with Crippen LogP contribution in [-0.4, -0.2) is 27.3 Å². The second-order valence-corrected chi connectivity index (χ2v) is 5.73. The molecule has 7 heteroatoms. The van der Waals surface area contributed by atoms with Crippen molar-refractivity contribution < 1.29 is 9.53 Å². The van der Waals surface area contributed by atoms with E-state index in [-0.39, 0.29) is 17.9 Å². The summed E-state index contributed by atoms with van der Waals surface area (Å²) in [5.41, 5.74) is 3.63. The molecule has 21 heavy (non-hydrogen) atoms. The lowest BCUT2D eigenvalue weighted by Crippen LogP contribution is -2.31. The number of amides is 1. The normalized spacial score (nSPS) is 21.6. The minimum Gasteiger partial charge on any atom is -0.373 e. The van der Waals surface area contributed by atoms with Crippen molar-refractivity contribution in [2.24, 2.45) is 5.92 Å². The van der Waals surface area contributed by atoms with E-state index in [2.05, 4.69) is 15.4 Å². The van der Waals surface area contributed by atoms with E-state index >= 15 is 0 Å². The molecule has 1 aliphatic heterocycles. The van der Waals surface area contributed by atoms with Gasteiger partial charge in [0.1, 0.15) is 0 Å². The van der Waals surface area contributed by atoms with Crippen LogP contribution in [0.3, 0.4) is 0 Å². The molecule has 0 radical (unpaired) electrons. The number of nitrogens with one attached hydrogen (secondary N) is 1. The van der Waals surface area contributed by atoms with Crippen molar-refractivity contribution in [2.45, 2.75) is 32.5 Å². The zero-order chi connectivity index (χ0) is 14.7. The van der Waals surface area contributed by atoms with Crippen LogP contribution in [0.15, 0.2) is 23.3 Å². The molecule has 0 aliphatic carbocycles. The van der Waals surface area contributed by atoms with Crippen molar-refractivity contribution in [3.05, 3.63) is 34.5 Å². The van der Waals surface area contributed by atoms with Gasteiger partial charge in [0.15, 0.2) is 0 Å². The number of nitrogens with zero attached hydrogens (tertiary/aromatic N) is 3. The van der Waals surface area contributed by atoms with Crippen molar-refractivity contribution in [1.82, 2.24) is 20.1 Å². The Balaban J connectivity index is 1.64. The van der Waals surface area contributed by atoms with Crippen LogP contribution in [0.1, 0.15) is 30.7 Å². The number of thiazole rings is 1. The van der Waals surface area contributed by atoms with E-state index in [4.69, 9.17) is 4.74 Å². The van der Waals surface area contributed by atoms with E-state index in [9.17, 15) is 4.79 Å². The fraction of sp³-hybridized carbons (Fsp3) is 0.500. The molecule has 2 aromatic rings. The van der Waals surface area contributed by atoms with Gasteiger partial charge in [-0.3, -0.25) is 9.48 Å². The molecule has 1 saturated heterocycles. The number of carbonyl (C=O) groups is 1. The number of aromatic nitrogens is 3. The first-order valence-corrected chi connectivity index (χ1v) is 8.01. The first-order valence-electron chi connectivity index (χ1n) is 7.06. The minimum absolute atomic E-state index is 0.0229. The van der Waals surface area contributed by atoms with Crippen LogP contribution in [0.5, 0.6) is 0 Å². The predicted octanol–water partition coefficient (Wildman–Crippen LogP) is 1.75. The van der Waals surface area contributed by atoms with E-state index in [0.29, 0.717) is 13.2 Å². The third-order valence-electron chi connectivity index (χ3n) is 3.66. The first-order chi connectivity index (χ1) is 10.3. The number of aryl methyl sites for hydroxylation is 1. The lowest BCUT2D eigenvalue weighted by atomic mass is 9.96. The van der Waals surface area contributed by atoms with Gasteiger partial charge in [-0.25, -0.2) is 4.98 Å². The SMILES string of the molecule is CCn1cc([C@H]2OCC[C@@H]2C(=O)NCc2cscn2)cn1. The van der Waals surface area contributed by atoms with Crippen LogP contribution in [-0.2, 0) is 22.6 Å². The number of hydrogen-bond acceptors (Lipinski definition) is 5. The minimum atomic E-state index is -0.194. The molecule has 1 N–H and O–H groups in total. The second kappa shape index (κ2) is 6.36. The lowest BCUT2D eigenvalue weighted by Gasteiger charge is -2.16. The van der Waals surface area contributed by atoms with Crippen LogP contribution in [0.2, 0.25) is 0 Å². The lowest BCUT2D eigenvalue weighted by molar-refractivity contribution is -0.127. The smallest absolute Gasteiger partial charge is 0.226 e. The Bertz CT molecular complexity index is 596. The molecule has 2 aromatic heterocycles. The van der Waals surface area contributed by atoms with Crippen molar-refractivity contribution in [3.8, 4) is 0 Å². The van der Waals surface area contributed by atoms with Crippen molar-refractivity contribution >= 4 is 17.2 Å². The summed E-state index contributed by atoms with van der Waals surface area (Å²) in [5, 5.41) is 9.14. The highest BCUT2D eigenvalue weighted by molar-refractivity contribution is 7.07. The highest BCUT2D eigenvalue weighted by atomic mass is 32.1. The molecule has 0 saturated carbocycles. The zero-order valence-corrected chi connectivity index (χ0v) is 12.7. The molecular weight excluding hydrogens is 288 g/mol. The molecule has 6 nitrogen and oxygen atoms in total. The summed E-state index contributed by atoms with van der Waals surface area (Å²) in [4.78, 5) is 16.5. The summed E-state index contributed by atoms with van der Waals surface area (Å²) in [6.45, 7) is 3.92. The fourth-order valence-corrected chi connectivity index (χ4v) is 3.08. The molecule has 0 unspecified atom stereocenters. The molecule has 1 fully saturated rings. The van der Waals surface area contributed by atoms with E-state index in [1.54, 1.807) is 11.7 Å². The number of rotatable bonds is 5. The maximum atomic E-state index is 12.4. The van der Waals surface area contributed by atoms with Gasteiger partial charge in [-0.2, -0.15) is 5.10 Å². The Morgan fingerprint density at radius 3 is 3.24 bits per heavy atom. The average molecular weight is 306 g/mol. The van der Waals surface area contributed by atoms with Gasteiger partial charge in [-0.05, 0) is 13.3 Å². The van der Waals surface area contributed by atoms with Crippen LogP contribution in [0.25, 0.3) is 0 Å². The van der Waals surface area contributed by atoms with Gasteiger partial charge < -0.3 is 10.1 Å². The van der Waals surface area contributed by atoms with Gasteiger partial charge in [-0.1, -0.05) is 0 Å². The maximum absolute atomic E-state index is 12.4. The van der Waals surface area contributed by atoms with Gasteiger partial charge in [0.2, 0.25) is 5.91 Å². The third kappa shape index (κ3) is 3.14. The molecule has 0 spiro atoms. The van der Waals surface area contributed by atoms with Gasteiger partial charge in [0.05, 0.1) is 36.0 Å². The first kappa shape index (κ1) is 14.2. The van der Waals surface area contributed by atoms with Crippen molar-refractivity contribution in [1.29, 1.82) is 0 Å². The standard InChI is InChI=1S/C14H18N4O2S/c1-2-18-7-10(5-17-18)13-12(3-4-20-13)14(19)15-6-11-8-21-9-16-11/h5,7-9,12-13H,2-4,6H2,1H3,(H,15,19)/t12-,13+/m0/s1. The zero-order valence-electron chi connectivity index (χ0n) is 11.9. The predicted molar refractivity (Wildman–Crippen MR) is 78.7 cm³/mol. The molecule has 112 valence electrons. The fourth-order valence-electron chi connectivity index (χ4n) is 2.52. The Hall–Kier alpha value is -1.73. The van der Waals surface area contributed by atoms with Crippen molar-refractivity contribution in [2.75, 3.05) is 6.61 Å². The van der Waals surface area contributed by atoms with E-state index in [1.807, 2.05) is 23.2 Å². The topological polar surface area (TPSA) is 69.0 Å². The number of hydrogen-bond donors (Lipinski definition) is 1. The van der Waals surface area contributed by atoms with E-state index < -0.39 is 0 Å². The molecule has 3 heterocycles. The average Bonchev–Trinajstić information content (AvgIpc) is 3.23. The summed E-state index contributed by atoms with van der Waals surface area (Å²) in [5.74, 6) is -0.132. The largest absolute Gasteiger partial charge is 0.373 e. The number of carbonyl (C=O) groups excluding carboxylic acids is 1. The summed E-state index contributed by atoms with van der Waals surface area (Å²) < 4.78 is 7.59.